The van der Waals surface area contributed by atoms with E-state index >= 15 is 0 Å². The predicted molar refractivity (Wildman–Crippen MR) is 114 cm³/mol. The number of halogens is 1. The van der Waals surface area contributed by atoms with Crippen molar-refractivity contribution >= 4 is 43.1 Å². The Morgan fingerprint density at radius 2 is 1.73 bits per heavy atom. The fourth-order valence-electron chi connectivity index (χ4n) is 3.29. The number of pyridine rings is 1. The average Bonchev–Trinajstić information content (AvgIpc) is 2.74. The summed E-state index contributed by atoms with van der Waals surface area (Å²) < 4.78 is 51.4. The first-order valence-electron chi connectivity index (χ1n) is 9.40. The summed E-state index contributed by atoms with van der Waals surface area (Å²) >= 11 is 5.93. The van der Waals surface area contributed by atoms with Gasteiger partial charge >= 0.3 is 0 Å². The largest absolute Gasteiger partial charge is 0.325 e. The van der Waals surface area contributed by atoms with Crippen LogP contribution in [0, 0.1) is 5.92 Å². The van der Waals surface area contributed by atoms with Gasteiger partial charge in [0.2, 0.25) is 15.9 Å². The molecule has 2 aromatic rings. The van der Waals surface area contributed by atoms with Gasteiger partial charge in [0.15, 0.2) is 9.84 Å². The number of amides is 1. The van der Waals surface area contributed by atoms with E-state index in [1.807, 2.05) is 0 Å². The number of nitrogens with zero attached hydrogens (tertiary/aromatic N) is 2. The van der Waals surface area contributed by atoms with Crippen molar-refractivity contribution in [2.75, 3.05) is 24.2 Å². The van der Waals surface area contributed by atoms with Gasteiger partial charge in [-0.3, -0.25) is 4.79 Å². The van der Waals surface area contributed by atoms with E-state index in [0.29, 0.717) is 12.8 Å². The molecule has 1 aliphatic heterocycles. The van der Waals surface area contributed by atoms with E-state index in [2.05, 4.69) is 10.3 Å². The number of para-hydroxylation sites is 1. The summed E-state index contributed by atoms with van der Waals surface area (Å²) in [6, 6.07) is 9.16. The summed E-state index contributed by atoms with van der Waals surface area (Å²) in [6.07, 6.45) is 2.03. The molecule has 0 radical (unpaired) electrons. The number of aromatic nitrogens is 1. The normalized spacial score (nSPS) is 16.3. The molecule has 30 heavy (non-hydrogen) atoms. The minimum atomic E-state index is -3.80. The lowest BCUT2D eigenvalue weighted by molar-refractivity contribution is -0.120. The predicted octanol–water partition coefficient (Wildman–Crippen LogP) is 2.57. The van der Waals surface area contributed by atoms with Crippen LogP contribution < -0.4 is 5.32 Å². The van der Waals surface area contributed by atoms with Gasteiger partial charge in [-0.25, -0.2) is 21.8 Å². The van der Waals surface area contributed by atoms with Crippen molar-refractivity contribution in [2.24, 2.45) is 5.92 Å². The second kappa shape index (κ2) is 9.01. The van der Waals surface area contributed by atoms with E-state index in [-0.39, 0.29) is 45.4 Å². The smallest absolute Gasteiger partial charge is 0.246 e. The molecular weight excluding hydrogens is 450 g/mol. The standard InChI is InChI=1S/C19H22ClN3O5S2/c1-2-29(25,26)16-7-4-3-6-15(16)22-19(24)14-9-12-23(13-10-14)30(27,28)17-8-5-11-21-18(17)20/h3-8,11,14H,2,9-10,12-13H2,1H3,(H,22,24). The maximum atomic E-state index is 12.8. The van der Waals surface area contributed by atoms with Crippen LogP contribution in [0.5, 0.6) is 0 Å². The molecule has 1 saturated heterocycles. The molecule has 1 aromatic carbocycles. The molecule has 0 aliphatic carbocycles. The molecule has 11 heteroatoms. The quantitative estimate of drug-likeness (QED) is 0.647. The third-order valence-electron chi connectivity index (χ3n) is 5.03. The van der Waals surface area contributed by atoms with Crippen LogP contribution in [0.2, 0.25) is 5.15 Å². The lowest BCUT2D eigenvalue weighted by Gasteiger charge is -2.30. The monoisotopic (exact) mass is 471 g/mol. The number of hydrogen-bond acceptors (Lipinski definition) is 6. The molecular formula is C19H22ClN3O5S2. The third kappa shape index (κ3) is 4.66. The number of piperidine rings is 1. The first-order chi connectivity index (χ1) is 14.2. The number of benzene rings is 1. The Bertz CT molecular complexity index is 1140. The number of hydrogen-bond donors (Lipinski definition) is 1. The maximum absolute atomic E-state index is 12.8. The summed E-state index contributed by atoms with van der Waals surface area (Å²) in [5, 5.41) is 2.61. The van der Waals surface area contributed by atoms with E-state index in [0.717, 1.165) is 0 Å². The Labute approximate surface area is 181 Å². The zero-order valence-electron chi connectivity index (χ0n) is 16.3. The Morgan fingerprint density at radius 1 is 1.10 bits per heavy atom. The van der Waals surface area contributed by atoms with Gasteiger partial charge in [-0.2, -0.15) is 4.31 Å². The molecule has 0 unspecified atom stereocenters. The zero-order chi connectivity index (χ0) is 21.9. The highest BCUT2D eigenvalue weighted by Gasteiger charge is 2.33. The highest BCUT2D eigenvalue weighted by molar-refractivity contribution is 7.91. The number of nitrogens with one attached hydrogen (secondary N) is 1. The van der Waals surface area contributed by atoms with Gasteiger partial charge in [0.25, 0.3) is 0 Å². The van der Waals surface area contributed by atoms with Gasteiger partial charge in [-0.05, 0) is 37.1 Å². The Balaban J connectivity index is 1.69. The topological polar surface area (TPSA) is 114 Å². The first-order valence-corrected chi connectivity index (χ1v) is 12.9. The molecule has 1 aliphatic rings. The maximum Gasteiger partial charge on any atom is 0.246 e. The summed E-state index contributed by atoms with van der Waals surface area (Å²) in [4.78, 5) is 16.5. The molecule has 1 aromatic heterocycles. The summed E-state index contributed by atoms with van der Waals surface area (Å²) in [7, 11) is -7.29. The van der Waals surface area contributed by atoms with Crippen molar-refractivity contribution in [1.82, 2.24) is 9.29 Å². The highest BCUT2D eigenvalue weighted by Crippen LogP contribution is 2.28. The summed E-state index contributed by atoms with van der Waals surface area (Å²) in [5.41, 5.74) is 0.238. The molecule has 0 bridgehead atoms. The lowest BCUT2D eigenvalue weighted by atomic mass is 9.97. The number of carbonyl (C=O) groups excluding carboxylic acids is 1. The van der Waals surface area contributed by atoms with Crippen LogP contribution in [0.3, 0.4) is 0 Å². The van der Waals surface area contributed by atoms with Crippen LogP contribution in [0.25, 0.3) is 0 Å². The van der Waals surface area contributed by atoms with Crippen molar-refractivity contribution in [3.8, 4) is 0 Å². The minimum absolute atomic E-state index is 0.0618. The SMILES string of the molecule is CCS(=O)(=O)c1ccccc1NC(=O)C1CCN(S(=O)(=O)c2cccnc2Cl)CC1. The van der Waals surface area contributed by atoms with E-state index in [1.54, 1.807) is 25.1 Å². The van der Waals surface area contributed by atoms with E-state index < -0.39 is 25.8 Å². The van der Waals surface area contributed by atoms with Crippen molar-refractivity contribution < 1.29 is 21.6 Å². The molecule has 3 rings (SSSR count). The molecule has 8 nitrogen and oxygen atoms in total. The fraction of sp³-hybridized carbons (Fsp3) is 0.368. The fourth-order valence-corrected chi connectivity index (χ4v) is 6.24. The van der Waals surface area contributed by atoms with Gasteiger partial charge in [0, 0.05) is 25.2 Å². The van der Waals surface area contributed by atoms with Gasteiger partial charge in [-0.15, -0.1) is 0 Å². The van der Waals surface area contributed by atoms with Crippen molar-refractivity contribution in [3.63, 3.8) is 0 Å². The second-order valence-electron chi connectivity index (χ2n) is 6.86. The number of carbonyl (C=O) groups is 1. The molecule has 2 heterocycles. The number of anilines is 1. The van der Waals surface area contributed by atoms with Gasteiger partial charge in [-0.1, -0.05) is 30.7 Å². The van der Waals surface area contributed by atoms with Gasteiger partial charge < -0.3 is 5.32 Å². The van der Waals surface area contributed by atoms with Crippen LogP contribution >= 0.6 is 11.6 Å². The number of rotatable bonds is 6. The Morgan fingerprint density at radius 3 is 2.37 bits per heavy atom. The second-order valence-corrected chi connectivity index (χ2v) is 11.4. The molecule has 0 atom stereocenters. The zero-order valence-corrected chi connectivity index (χ0v) is 18.7. The molecule has 162 valence electrons. The molecule has 1 fully saturated rings. The Hall–Kier alpha value is -2.01. The van der Waals surface area contributed by atoms with E-state index in [1.165, 1.54) is 28.7 Å². The number of sulfonamides is 1. The van der Waals surface area contributed by atoms with Crippen molar-refractivity contribution in [2.45, 2.75) is 29.6 Å². The molecule has 1 N–H and O–H groups in total. The molecule has 0 spiro atoms. The minimum Gasteiger partial charge on any atom is -0.325 e. The van der Waals surface area contributed by atoms with E-state index in [9.17, 15) is 21.6 Å². The molecule has 1 amide bonds. The van der Waals surface area contributed by atoms with Crippen LogP contribution in [0.4, 0.5) is 5.69 Å². The third-order valence-corrected chi connectivity index (χ3v) is 9.16. The van der Waals surface area contributed by atoms with E-state index in [4.69, 9.17) is 11.6 Å². The molecule has 0 saturated carbocycles. The van der Waals surface area contributed by atoms with Crippen molar-refractivity contribution in [3.05, 3.63) is 47.7 Å². The van der Waals surface area contributed by atoms with Crippen LogP contribution in [-0.2, 0) is 24.7 Å². The Kier molecular flexibility index (Phi) is 6.81. The highest BCUT2D eigenvalue weighted by atomic mass is 35.5. The summed E-state index contributed by atoms with van der Waals surface area (Å²) in [6.45, 7) is 1.85. The van der Waals surface area contributed by atoms with Crippen LogP contribution in [-0.4, -0.2) is 50.9 Å². The first kappa shape index (κ1) is 22.7. The number of sulfone groups is 1. The average molecular weight is 472 g/mol. The lowest BCUT2D eigenvalue weighted by Crippen LogP contribution is -2.41. The van der Waals surface area contributed by atoms with Crippen LogP contribution in [0.1, 0.15) is 19.8 Å². The summed E-state index contributed by atoms with van der Waals surface area (Å²) in [5.74, 6) is -0.837. The van der Waals surface area contributed by atoms with Gasteiger partial charge in [0.1, 0.15) is 10.0 Å². The van der Waals surface area contributed by atoms with Gasteiger partial charge in [0.05, 0.1) is 16.3 Å². The van der Waals surface area contributed by atoms with Crippen LogP contribution in [0.15, 0.2) is 52.4 Å². The van der Waals surface area contributed by atoms with Crippen molar-refractivity contribution in [1.29, 1.82) is 0 Å².